The third kappa shape index (κ3) is 5.36. The van der Waals surface area contributed by atoms with Crippen LogP contribution in [-0.2, 0) is 13.1 Å². The summed E-state index contributed by atoms with van der Waals surface area (Å²) in [5.74, 6) is 2.32. The third-order valence-electron chi connectivity index (χ3n) is 5.38. The second kappa shape index (κ2) is 10.1. The second-order valence-corrected chi connectivity index (χ2v) is 7.52. The van der Waals surface area contributed by atoms with Crippen molar-refractivity contribution in [2.45, 2.75) is 13.1 Å². The smallest absolute Gasteiger partial charge is 0.317 e. The van der Waals surface area contributed by atoms with E-state index < -0.39 is 0 Å². The van der Waals surface area contributed by atoms with Gasteiger partial charge in [0.05, 0.1) is 20.8 Å². The summed E-state index contributed by atoms with van der Waals surface area (Å²) >= 11 is 0. The van der Waals surface area contributed by atoms with E-state index in [0.717, 1.165) is 24.2 Å². The highest BCUT2D eigenvalue weighted by molar-refractivity contribution is 5.74. The summed E-state index contributed by atoms with van der Waals surface area (Å²) in [5.41, 5.74) is 1.82. The molecule has 1 fully saturated rings. The molecule has 0 unspecified atom stereocenters. The van der Waals surface area contributed by atoms with E-state index >= 15 is 0 Å². The van der Waals surface area contributed by atoms with Gasteiger partial charge in [-0.2, -0.15) is 4.98 Å². The molecule has 1 N–H and O–H groups in total. The minimum absolute atomic E-state index is 0.0395. The molecule has 2 amide bonds. The lowest BCUT2D eigenvalue weighted by atomic mass is 10.2. The summed E-state index contributed by atoms with van der Waals surface area (Å²) in [6.07, 6.45) is 0. The number of amides is 2. The molecule has 1 aliphatic rings. The Kier molecular flexibility index (Phi) is 6.86. The van der Waals surface area contributed by atoms with E-state index in [4.69, 9.17) is 14.0 Å². The average molecular weight is 438 g/mol. The first-order valence-electron chi connectivity index (χ1n) is 10.5. The fraction of sp³-hybridized carbons (Fsp3) is 0.348. The highest BCUT2D eigenvalue weighted by atomic mass is 16.5. The molecule has 3 aromatic rings. The fourth-order valence-electron chi connectivity index (χ4n) is 3.56. The van der Waals surface area contributed by atoms with Crippen molar-refractivity contribution >= 4 is 6.03 Å². The average Bonchev–Trinajstić information content (AvgIpc) is 3.31. The predicted octanol–water partition coefficient (Wildman–Crippen LogP) is 2.78. The number of piperazine rings is 1. The van der Waals surface area contributed by atoms with Crippen LogP contribution in [0.15, 0.2) is 53.1 Å². The van der Waals surface area contributed by atoms with Crippen LogP contribution in [0, 0.1) is 0 Å². The molecule has 9 nitrogen and oxygen atoms in total. The van der Waals surface area contributed by atoms with E-state index in [2.05, 4.69) is 20.4 Å². The van der Waals surface area contributed by atoms with Crippen molar-refractivity contribution in [1.29, 1.82) is 0 Å². The number of ether oxygens (including phenoxy) is 2. The summed E-state index contributed by atoms with van der Waals surface area (Å²) in [4.78, 5) is 21.0. The molecule has 0 spiro atoms. The van der Waals surface area contributed by atoms with E-state index in [0.29, 0.717) is 49.4 Å². The first-order chi connectivity index (χ1) is 15.6. The molecule has 2 aromatic carbocycles. The van der Waals surface area contributed by atoms with Crippen LogP contribution < -0.4 is 14.8 Å². The number of benzene rings is 2. The molecule has 0 atom stereocenters. The maximum Gasteiger partial charge on any atom is 0.317 e. The van der Waals surface area contributed by atoms with Gasteiger partial charge in [0.2, 0.25) is 0 Å². The lowest BCUT2D eigenvalue weighted by Gasteiger charge is -2.34. The number of carbonyl (C=O) groups excluding carboxylic acids is 1. The standard InChI is InChI=1S/C23H27N5O4/c1-30-19-12-18(13-20(14-19)31-2)22-25-21(26-32-22)16-27-8-10-28(11-9-27)23(29)24-15-17-6-4-3-5-7-17/h3-7,12-14H,8-11,15-16H2,1-2H3,(H,24,29). The van der Waals surface area contributed by atoms with E-state index in [-0.39, 0.29) is 6.03 Å². The van der Waals surface area contributed by atoms with Crippen molar-refractivity contribution < 1.29 is 18.8 Å². The topological polar surface area (TPSA) is 93.0 Å². The molecular formula is C23H27N5O4. The van der Waals surface area contributed by atoms with Gasteiger partial charge < -0.3 is 24.2 Å². The van der Waals surface area contributed by atoms with Gasteiger partial charge in [-0.1, -0.05) is 35.5 Å². The third-order valence-corrected chi connectivity index (χ3v) is 5.38. The zero-order valence-corrected chi connectivity index (χ0v) is 18.3. The highest BCUT2D eigenvalue weighted by Gasteiger charge is 2.22. The number of carbonyl (C=O) groups is 1. The van der Waals surface area contributed by atoms with Crippen LogP contribution >= 0.6 is 0 Å². The van der Waals surface area contributed by atoms with Crippen molar-refractivity contribution in [3.8, 4) is 23.0 Å². The number of nitrogens with one attached hydrogen (secondary N) is 1. The normalized spacial score (nSPS) is 14.2. The van der Waals surface area contributed by atoms with Gasteiger partial charge in [-0.05, 0) is 17.7 Å². The summed E-state index contributed by atoms with van der Waals surface area (Å²) in [6.45, 7) is 3.88. The number of methoxy groups -OCH3 is 2. The predicted molar refractivity (Wildman–Crippen MR) is 118 cm³/mol. The molecule has 0 aliphatic carbocycles. The second-order valence-electron chi connectivity index (χ2n) is 7.52. The van der Waals surface area contributed by atoms with Crippen molar-refractivity contribution in [3.05, 3.63) is 59.9 Å². The number of urea groups is 1. The maximum absolute atomic E-state index is 12.4. The lowest BCUT2D eigenvalue weighted by Crippen LogP contribution is -2.51. The Morgan fingerprint density at radius 2 is 1.72 bits per heavy atom. The zero-order chi connectivity index (χ0) is 22.3. The van der Waals surface area contributed by atoms with Crippen molar-refractivity contribution in [1.82, 2.24) is 25.3 Å². The SMILES string of the molecule is COc1cc(OC)cc(-c2nc(CN3CCN(C(=O)NCc4ccccc4)CC3)no2)c1. The number of hydrogen-bond acceptors (Lipinski definition) is 7. The Labute approximate surface area is 186 Å². The van der Waals surface area contributed by atoms with Crippen LogP contribution in [0.1, 0.15) is 11.4 Å². The number of rotatable bonds is 7. The van der Waals surface area contributed by atoms with Gasteiger partial charge in [0.25, 0.3) is 5.89 Å². The van der Waals surface area contributed by atoms with Crippen LogP contribution in [-0.4, -0.2) is 66.4 Å². The van der Waals surface area contributed by atoms with E-state index in [1.54, 1.807) is 20.3 Å². The molecule has 32 heavy (non-hydrogen) atoms. The Morgan fingerprint density at radius 1 is 1.03 bits per heavy atom. The molecule has 1 saturated heterocycles. The van der Waals surface area contributed by atoms with Gasteiger partial charge >= 0.3 is 6.03 Å². The molecule has 1 aromatic heterocycles. The number of nitrogens with zero attached hydrogens (tertiary/aromatic N) is 4. The first kappa shape index (κ1) is 21.6. The summed E-state index contributed by atoms with van der Waals surface area (Å²) < 4.78 is 16.1. The van der Waals surface area contributed by atoms with E-state index in [1.807, 2.05) is 47.4 Å². The largest absolute Gasteiger partial charge is 0.497 e. The van der Waals surface area contributed by atoms with Crippen LogP contribution in [0.4, 0.5) is 4.79 Å². The van der Waals surface area contributed by atoms with Gasteiger partial charge in [0, 0.05) is 44.4 Å². The Hall–Kier alpha value is -3.59. The molecule has 168 valence electrons. The van der Waals surface area contributed by atoms with Gasteiger partial charge in [-0.25, -0.2) is 4.79 Å². The van der Waals surface area contributed by atoms with Crippen LogP contribution in [0.25, 0.3) is 11.5 Å². The van der Waals surface area contributed by atoms with Gasteiger partial charge in [-0.15, -0.1) is 0 Å². The summed E-state index contributed by atoms with van der Waals surface area (Å²) in [6, 6.07) is 15.3. The minimum Gasteiger partial charge on any atom is -0.497 e. The monoisotopic (exact) mass is 437 g/mol. The van der Waals surface area contributed by atoms with E-state index in [1.165, 1.54) is 0 Å². The maximum atomic E-state index is 12.4. The quantitative estimate of drug-likeness (QED) is 0.608. The molecule has 0 radical (unpaired) electrons. The first-order valence-corrected chi connectivity index (χ1v) is 10.5. The summed E-state index contributed by atoms with van der Waals surface area (Å²) in [5, 5.41) is 7.09. The highest BCUT2D eigenvalue weighted by Crippen LogP contribution is 2.28. The van der Waals surface area contributed by atoms with Gasteiger partial charge in [0.1, 0.15) is 11.5 Å². The zero-order valence-electron chi connectivity index (χ0n) is 18.3. The van der Waals surface area contributed by atoms with Gasteiger partial charge in [-0.3, -0.25) is 4.90 Å². The lowest BCUT2D eigenvalue weighted by molar-refractivity contribution is 0.132. The number of hydrogen-bond donors (Lipinski definition) is 1. The molecule has 9 heteroatoms. The number of aromatic nitrogens is 2. The summed E-state index contributed by atoms with van der Waals surface area (Å²) in [7, 11) is 3.19. The molecular weight excluding hydrogens is 410 g/mol. The molecule has 0 saturated carbocycles. The molecule has 1 aliphatic heterocycles. The van der Waals surface area contributed by atoms with Crippen molar-refractivity contribution in [2.75, 3.05) is 40.4 Å². The van der Waals surface area contributed by atoms with Crippen molar-refractivity contribution in [3.63, 3.8) is 0 Å². The Balaban J connectivity index is 1.29. The fourth-order valence-corrected chi connectivity index (χ4v) is 3.56. The van der Waals surface area contributed by atoms with Gasteiger partial charge in [0.15, 0.2) is 5.82 Å². The van der Waals surface area contributed by atoms with E-state index in [9.17, 15) is 4.79 Å². The minimum atomic E-state index is -0.0395. The van der Waals surface area contributed by atoms with Crippen LogP contribution in [0.5, 0.6) is 11.5 Å². The molecule has 2 heterocycles. The van der Waals surface area contributed by atoms with Crippen LogP contribution in [0.2, 0.25) is 0 Å². The molecule has 0 bridgehead atoms. The van der Waals surface area contributed by atoms with Crippen molar-refractivity contribution in [2.24, 2.45) is 0 Å². The molecule has 4 rings (SSSR count). The Morgan fingerprint density at radius 3 is 2.38 bits per heavy atom. The van der Waals surface area contributed by atoms with Crippen LogP contribution in [0.3, 0.4) is 0 Å². The Bertz CT molecular complexity index is 1010.